The van der Waals surface area contributed by atoms with E-state index in [0.29, 0.717) is 5.71 Å². The van der Waals surface area contributed by atoms with Gasteiger partial charge in [0, 0.05) is 39.1 Å². The number of aryl methyl sites for hydroxylation is 1. The molecule has 5 aromatic rings. The normalized spacial score (nSPS) is 16.4. The molecule has 0 radical (unpaired) electrons. The molecule has 0 spiro atoms. The minimum Gasteiger partial charge on any atom is -0.506 e. The zero-order chi connectivity index (χ0) is 28.8. The molecule has 4 aromatic carbocycles. The summed E-state index contributed by atoms with van der Waals surface area (Å²) in [6.07, 6.45) is 10.3. The van der Waals surface area contributed by atoms with Gasteiger partial charge in [-0.3, -0.25) is 9.59 Å². The third-order valence-electron chi connectivity index (χ3n) is 8.64. The fourth-order valence-corrected chi connectivity index (χ4v) is 6.56. The smallest absolute Gasteiger partial charge is 0.237 e. The molecule has 1 N–H and O–H groups in total. The van der Waals surface area contributed by atoms with Crippen LogP contribution in [0.5, 0.6) is 0 Å². The molecule has 0 bridgehead atoms. The minimum absolute atomic E-state index is 0.00777. The number of aliphatic hydroxyl groups is 1. The Hall–Kier alpha value is -4.77. The van der Waals surface area contributed by atoms with E-state index in [1.807, 2.05) is 42.5 Å². The Morgan fingerprint density at radius 1 is 0.762 bits per heavy atom. The summed E-state index contributed by atoms with van der Waals surface area (Å²) in [6, 6.07) is 24.3. The highest BCUT2D eigenvalue weighted by Crippen LogP contribution is 2.37. The number of aliphatic hydroxyl groups excluding tert-OH is 1. The summed E-state index contributed by atoms with van der Waals surface area (Å²) in [7, 11) is 0. The van der Waals surface area contributed by atoms with Gasteiger partial charge >= 0.3 is 0 Å². The molecule has 5 heteroatoms. The molecule has 0 saturated carbocycles. The van der Waals surface area contributed by atoms with Gasteiger partial charge in [0.1, 0.15) is 5.76 Å². The second kappa shape index (κ2) is 10.6. The highest BCUT2D eigenvalue weighted by molar-refractivity contribution is 6.55. The van der Waals surface area contributed by atoms with Gasteiger partial charge in [0.05, 0.1) is 22.5 Å². The molecular formula is C37H32N2O3. The van der Waals surface area contributed by atoms with Crippen molar-refractivity contribution in [2.24, 2.45) is 4.99 Å². The van der Waals surface area contributed by atoms with E-state index in [9.17, 15) is 14.7 Å². The number of ketones is 2. The molecule has 208 valence electrons. The Bertz CT molecular complexity index is 2060. The van der Waals surface area contributed by atoms with Gasteiger partial charge in [-0.15, -0.1) is 0 Å². The van der Waals surface area contributed by atoms with E-state index in [2.05, 4.69) is 41.8 Å². The predicted molar refractivity (Wildman–Crippen MR) is 170 cm³/mol. The summed E-state index contributed by atoms with van der Waals surface area (Å²) in [6.45, 7) is 3.02. The van der Waals surface area contributed by atoms with Crippen molar-refractivity contribution in [3.63, 3.8) is 0 Å². The summed E-state index contributed by atoms with van der Waals surface area (Å²) in [5, 5.41) is 17.5. The van der Waals surface area contributed by atoms with E-state index >= 15 is 0 Å². The number of allylic oxidation sites excluding steroid dienone is 3. The average molecular weight is 553 g/mol. The fourth-order valence-electron chi connectivity index (χ4n) is 6.56. The van der Waals surface area contributed by atoms with E-state index in [-0.39, 0.29) is 16.9 Å². The van der Waals surface area contributed by atoms with Gasteiger partial charge in [-0.2, -0.15) is 0 Å². The molecule has 7 rings (SSSR count). The number of hydrogen-bond donors (Lipinski definition) is 1. The first-order chi connectivity index (χ1) is 20.6. The lowest BCUT2D eigenvalue weighted by Crippen LogP contribution is -2.19. The molecule has 1 aliphatic carbocycles. The maximum absolute atomic E-state index is 13.4. The van der Waals surface area contributed by atoms with Gasteiger partial charge in [-0.25, -0.2) is 4.99 Å². The molecule has 0 amide bonds. The summed E-state index contributed by atoms with van der Waals surface area (Å²) in [5.41, 5.74) is 3.40. The van der Waals surface area contributed by atoms with Crippen LogP contribution in [0.15, 0.2) is 101 Å². The van der Waals surface area contributed by atoms with Crippen molar-refractivity contribution >= 4 is 61.5 Å². The zero-order valence-corrected chi connectivity index (χ0v) is 23.7. The number of unbranched alkanes of at least 4 members (excludes halogenated alkanes) is 5. The second-order valence-electron chi connectivity index (χ2n) is 11.3. The first kappa shape index (κ1) is 26.1. The number of rotatable bonds is 9. The predicted octanol–water partition coefficient (Wildman–Crippen LogP) is 7.83. The second-order valence-corrected chi connectivity index (χ2v) is 11.3. The van der Waals surface area contributed by atoms with Crippen molar-refractivity contribution in [1.29, 1.82) is 0 Å². The van der Waals surface area contributed by atoms with E-state index in [1.54, 1.807) is 12.2 Å². The molecule has 42 heavy (non-hydrogen) atoms. The molecule has 0 fully saturated rings. The van der Waals surface area contributed by atoms with Crippen LogP contribution in [-0.2, 0) is 16.1 Å². The molecule has 1 aliphatic heterocycles. The number of aromatic nitrogens is 1. The summed E-state index contributed by atoms with van der Waals surface area (Å²) >= 11 is 0. The van der Waals surface area contributed by atoms with Crippen molar-refractivity contribution in [3.05, 3.63) is 107 Å². The highest BCUT2D eigenvalue weighted by atomic mass is 16.3. The monoisotopic (exact) mass is 552 g/mol. The summed E-state index contributed by atoms with van der Waals surface area (Å²) in [4.78, 5) is 31.4. The van der Waals surface area contributed by atoms with Crippen molar-refractivity contribution in [1.82, 2.24) is 4.57 Å². The molecule has 2 aliphatic rings. The first-order valence-electron chi connectivity index (χ1n) is 14.9. The highest BCUT2D eigenvalue weighted by Gasteiger charge is 2.36. The lowest BCUT2D eigenvalue weighted by atomic mass is 10.0. The topological polar surface area (TPSA) is 71.7 Å². The third kappa shape index (κ3) is 4.19. The van der Waals surface area contributed by atoms with Crippen molar-refractivity contribution in [3.8, 4) is 0 Å². The zero-order valence-electron chi connectivity index (χ0n) is 23.7. The van der Waals surface area contributed by atoms with Crippen LogP contribution in [0.1, 0.15) is 51.0 Å². The maximum Gasteiger partial charge on any atom is 0.237 e. The summed E-state index contributed by atoms with van der Waals surface area (Å²) < 4.78 is 2.25. The van der Waals surface area contributed by atoms with Crippen molar-refractivity contribution < 1.29 is 14.7 Å². The standard InChI is InChI=1S/C37H32N2O3/c1-2-3-4-5-6-7-20-39-31-19-11-15-24-13-9-17-26(34(24)31)32(39)22-28-35(40)27(36(41)37(28)42)21-30-25-16-8-12-23-14-10-18-29(38-30)33(23)25/h8-19,21-22,40H,2-7,20H2,1H3. The van der Waals surface area contributed by atoms with E-state index in [0.717, 1.165) is 68.4 Å². The van der Waals surface area contributed by atoms with E-state index in [1.165, 1.54) is 25.7 Å². The van der Waals surface area contributed by atoms with Crippen molar-refractivity contribution in [2.75, 3.05) is 0 Å². The largest absolute Gasteiger partial charge is 0.506 e. The molecule has 0 unspecified atom stereocenters. The van der Waals surface area contributed by atoms with Gasteiger partial charge < -0.3 is 9.67 Å². The van der Waals surface area contributed by atoms with Crippen LogP contribution in [-0.4, -0.2) is 27.0 Å². The van der Waals surface area contributed by atoms with Gasteiger partial charge in [-0.1, -0.05) is 99.7 Å². The summed E-state index contributed by atoms with van der Waals surface area (Å²) in [5.74, 6) is -1.68. The third-order valence-corrected chi connectivity index (χ3v) is 8.64. The Morgan fingerprint density at radius 2 is 1.45 bits per heavy atom. The van der Waals surface area contributed by atoms with Gasteiger partial charge in [0.25, 0.3) is 0 Å². The molecule has 0 atom stereocenters. The van der Waals surface area contributed by atoms with Crippen LogP contribution < -0.4 is 5.35 Å². The van der Waals surface area contributed by atoms with Crippen LogP contribution in [0.2, 0.25) is 0 Å². The Morgan fingerprint density at radius 3 is 2.26 bits per heavy atom. The SMILES string of the molecule is CCCCCCCCn1c(=CC2=C(O)C(=CC3=Nc4cccc5cccc3c45)C(=O)C2=O)c2cccc3cccc1c32. The number of aliphatic imine (C=N–C) groups is 1. The Balaban J connectivity index is 1.33. The lowest BCUT2D eigenvalue weighted by molar-refractivity contribution is -0.131. The molecular weight excluding hydrogens is 520 g/mol. The number of hydrogen-bond acceptors (Lipinski definition) is 4. The number of nitrogens with zero attached hydrogens (tertiary/aromatic N) is 2. The van der Waals surface area contributed by atoms with Crippen LogP contribution >= 0.6 is 0 Å². The van der Waals surface area contributed by atoms with Crippen LogP contribution in [0.4, 0.5) is 5.69 Å². The minimum atomic E-state index is -0.707. The number of carbonyl (C=O) groups is 2. The first-order valence-corrected chi connectivity index (χ1v) is 14.9. The molecule has 1 aromatic heterocycles. The van der Waals surface area contributed by atoms with Gasteiger partial charge in [0.15, 0.2) is 0 Å². The maximum atomic E-state index is 13.4. The van der Waals surface area contributed by atoms with Crippen LogP contribution in [0.25, 0.3) is 38.5 Å². The average Bonchev–Trinajstić information content (AvgIpc) is 3.59. The number of benzene rings is 4. The van der Waals surface area contributed by atoms with Crippen molar-refractivity contribution in [2.45, 2.75) is 52.0 Å². The number of carbonyl (C=O) groups excluding carboxylic acids is 2. The van der Waals surface area contributed by atoms with Crippen LogP contribution in [0, 0.1) is 0 Å². The lowest BCUT2D eigenvalue weighted by Gasteiger charge is -2.07. The van der Waals surface area contributed by atoms with Crippen LogP contribution in [0.3, 0.4) is 0 Å². The van der Waals surface area contributed by atoms with Gasteiger partial charge in [-0.05, 0) is 41.5 Å². The molecule has 5 nitrogen and oxygen atoms in total. The molecule has 0 saturated heterocycles. The Labute approximate surface area is 244 Å². The quantitative estimate of drug-likeness (QED) is 0.115. The molecule has 2 heterocycles. The van der Waals surface area contributed by atoms with E-state index < -0.39 is 11.6 Å². The fraction of sp³-hybridized carbons (Fsp3) is 0.216. The number of Topliss-reactive ketones (excluding diaryl/α,β-unsaturated/α-hetero) is 2. The Kier molecular flexibility index (Phi) is 6.58. The van der Waals surface area contributed by atoms with E-state index in [4.69, 9.17) is 4.99 Å². The van der Waals surface area contributed by atoms with Gasteiger partial charge in [0.2, 0.25) is 11.6 Å².